The highest BCUT2D eigenvalue weighted by Gasteiger charge is 2.16. The maximum Gasteiger partial charge on any atom is 0.257 e. The number of hydrogen-bond acceptors (Lipinski definition) is 3. The molecular formula is C16H24ClF2N3O2. The SMILES string of the molecule is Cl.NCCCCCCC(=O)NCCNC(=O)c1c(F)cccc1F. The second-order valence-electron chi connectivity index (χ2n) is 5.16. The maximum atomic E-state index is 13.4. The van der Waals surface area contributed by atoms with Crippen LogP contribution in [0.2, 0.25) is 0 Å². The van der Waals surface area contributed by atoms with Crippen molar-refractivity contribution in [1.29, 1.82) is 0 Å². The Morgan fingerprint density at radius 2 is 1.54 bits per heavy atom. The lowest BCUT2D eigenvalue weighted by Gasteiger charge is -2.08. The van der Waals surface area contributed by atoms with Crippen molar-refractivity contribution in [3.05, 3.63) is 35.4 Å². The third kappa shape index (κ3) is 8.21. The third-order valence-corrected chi connectivity index (χ3v) is 3.28. The summed E-state index contributed by atoms with van der Waals surface area (Å²) < 4.78 is 26.8. The molecular weight excluding hydrogens is 340 g/mol. The Balaban J connectivity index is 0.00000529. The fraction of sp³-hybridized carbons (Fsp3) is 0.500. The Hall–Kier alpha value is -1.73. The van der Waals surface area contributed by atoms with Gasteiger partial charge in [-0.05, 0) is 31.5 Å². The molecule has 0 radical (unpaired) electrons. The molecule has 0 fully saturated rings. The summed E-state index contributed by atoms with van der Waals surface area (Å²) in [6, 6.07) is 3.23. The standard InChI is InChI=1S/C16H23F2N3O2.ClH/c17-12-6-5-7-13(18)15(12)16(23)21-11-10-20-14(22)8-3-1-2-4-9-19;/h5-7H,1-4,8-11,19H2,(H,20,22)(H,21,23);1H. The smallest absolute Gasteiger partial charge is 0.257 e. The van der Waals surface area contributed by atoms with Crippen molar-refractivity contribution in [1.82, 2.24) is 10.6 Å². The maximum absolute atomic E-state index is 13.4. The van der Waals surface area contributed by atoms with E-state index in [0.29, 0.717) is 13.0 Å². The number of amides is 2. The Labute approximate surface area is 146 Å². The van der Waals surface area contributed by atoms with Crippen LogP contribution in [0.15, 0.2) is 18.2 Å². The lowest BCUT2D eigenvalue weighted by atomic mass is 10.1. The highest BCUT2D eigenvalue weighted by Crippen LogP contribution is 2.11. The Bertz CT molecular complexity index is 510. The van der Waals surface area contributed by atoms with Gasteiger partial charge in [-0.2, -0.15) is 0 Å². The van der Waals surface area contributed by atoms with Gasteiger partial charge in [-0.1, -0.05) is 18.9 Å². The zero-order chi connectivity index (χ0) is 17.1. The van der Waals surface area contributed by atoms with Gasteiger partial charge in [0, 0.05) is 19.5 Å². The van der Waals surface area contributed by atoms with Crippen LogP contribution in [0.25, 0.3) is 0 Å². The minimum absolute atomic E-state index is 0. The van der Waals surface area contributed by atoms with Gasteiger partial charge in [-0.15, -0.1) is 12.4 Å². The molecule has 0 aromatic heterocycles. The highest BCUT2D eigenvalue weighted by molar-refractivity contribution is 5.94. The lowest BCUT2D eigenvalue weighted by Crippen LogP contribution is -2.35. The molecule has 0 aliphatic carbocycles. The highest BCUT2D eigenvalue weighted by atomic mass is 35.5. The molecule has 1 aromatic carbocycles. The largest absolute Gasteiger partial charge is 0.354 e. The van der Waals surface area contributed by atoms with Gasteiger partial charge in [0.05, 0.1) is 0 Å². The van der Waals surface area contributed by atoms with Crippen LogP contribution in [0.5, 0.6) is 0 Å². The number of benzene rings is 1. The topological polar surface area (TPSA) is 84.2 Å². The number of nitrogens with two attached hydrogens (primary N) is 1. The Kier molecular flexibility index (Phi) is 11.8. The van der Waals surface area contributed by atoms with Gasteiger partial charge in [-0.3, -0.25) is 9.59 Å². The first-order valence-electron chi connectivity index (χ1n) is 7.75. The predicted octanol–water partition coefficient (Wildman–Crippen LogP) is 2.14. The molecule has 0 spiro atoms. The molecule has 8 heteroatoms. The predicted molar refractivity (Wildman–Crippen MR) is 91.1 cm³/mol. The molecule has 2 amide bonds. The fourth-order valence-corrected chi connectivity index (χ4v) is 2.05. The van der Waals surface area contributed by atoms with Gasteiger partial charge in [0.15, 0.2) is 0 Å². The number of rotatable bonds is 10. The molecule has 0 saturated heterocycles. The van der Waals surface area contributed by atoms with E-state index in [0.717, 1.165) is 37.8 Å². The number of carbonyl (C=O) groups is 2. The fourth-order valence-electron chi connectivity index (χ4n) is 2.05. The zero-order valence-corrected chi connectivity index (χ0v) is 14.3. The molecule has 0 unspecified atom stereocenters. The second kappa shape index (κ2) is 12.7. The Morgan fingerprint density at radius 1 is 0.958 bits per heavy atom. The monoisotopic (exact) mass is 363 g/mol. The van der Waals surface area contributed by atoms with E-state index in [1.807, 2.05) is 0 Å². The summed E-state index contributed by atoms with van der Waals surface area (Å²) in [5, 5.41) is 5.02. The van der Waals surface area contributed by atoms with Crippen LogP contribution >= 0.6 is 12.4 Å². The van der Waals surface area contributed by atoms with E-state index in [1.54, 1.807) is 0 Å². The molecule has 4 N–H and O–H groups in total. The first kappa shape index (κ1) is 22.3. The third-order valence-electron chi connectivity index (χ3n) is 3.28. The average Bonchev–Trinajstić information content (AvgIpc) is 2.51. The summed E-state index contributed by atoms with van der Waals surface area (Å²) in [7, 11) is 0. The van der Waals surface area contributed by atoms with E-state index >= 15 is 0 Å². The molecule has 136 valence electrons. The van der Waals surface area contributed by atoms with Gasteiger partial charge in [0.25, 0.3) is 5.91 Å². The normalized spacial score (nSPS) is 9.96. The zero-order valence-electron chi connectivity index (χ0n) is 13.4. The van der Waals surface area contributed by atoms with Crippen molar-refractivity contribution in [3.63, 3.8) is 0 Å². The first-order valence-corrected chi connectivity index (χ1v) is 7.75. The van der Waals surface area contributed by atoms with E-state index in [-0.39, 0.29) is 31.4 Å². The van der Waals surface area contributed by atoms with E-state index in [2.05, 4.69) is 10.6 Å². The van der Waals surface area contributed by atoms with Crippen LogP contribution < -0.4 is 16.4 Å². The quantitative estimate of drug-likeness (QED) is 0.557. The van der Waals surface area contributed by atoms with Crippen molar-refractivity contribution in [2.75, 3.05) is 19.6 Å². The van der Waals surface area contributed by atoms with Gasteiger partial charge >= 0.3 is 0 Å². The number of halogens is 3. The van der Waals surface area contributed by atoms with E-state index in [1.165, 1.54) is 6.07 Å². The van der Waals surface area contributed by atoms with E-state index in [9.17, 15) is 18.4 Å². The molecule has 1 rings (SSSR count). The lowest BCUT2D eigenvalue weighted by molar-refractivity contribution is -0.121. The molecule has 5 nitrogen and oxygen atoms in total. The summed E-state index contributed by atoms with van der Waals surface area (Å²) in [5.41, 5.74) is 4.76. The summed E-state index contributed by atoms with van der Waals surface area (Å²) in [6.07, 6.45) is 4.13. The van der Waals surface area contributed by atoms with E-state index in [4.69, 9.17) is 5.73 Å². The van der Waals surface area contributed by atoms with Gasteiger partial charge < -0.3 is 16.4 Å². The minimum Gasteiger partial charge on any atom is -0.354 e. The van der Waals surface area contributed by atoms with Crippen LogP contribution in [0.3, 0.4) is 0 Å². The molecule has 0 aliphatic rings. The summed E-state index contributed by atoms with van der Waals surface area (Å²) in [5.74, 6) is -2.77. The van der Waals surface area contributed by atoms with E-state index < -0.39 is 23.1 Å². The number of hydrogen-bond donors (Lipinski definition) is 3. The van der Waals surface area contributed by atoms with Crippen LogP contribution in [0.4, 0.5) is 8.78 Å². The van der Waals surface area contributed by atoms with Crippen molar-refractivity contribution in [3.8, 4) is 0 Å². The van der Waals surface area contributed by atoms with Crippen molar-refractivity contribution < 1.29 is 18.4 Å². The van der Waals surface area contributed by atoms with Gasteiger partial charge in [-0.25, -0.2) is 8.78 Å². The Morgan fingerprint density at radius 3 is 2.17 bits per heavy atom. The molecule has 1 aromatic rings. The van der Waals surface area contributed by atoms with Crippen molar-refractivity contribution >= 4 is 24.2 Å². The minimum atomic E-state index is -0.913. The summed E-state index contributed by atoms with van der Waals surface area (Å²) in [6.45, 7) is 0.976. The molecule has 0 atom stereocenters. The molecule has 0 aliphatic heterocycles. The number of nitrogens with one attached hydrogen (secondary N) is 2. The molecule has 0 heterocycles. The van der Waals surface area contributed by atoms with Crippen molar-refractivity contribution in [2.45, 2.75) is 32.1 Å². The number of unbranched alkanes of at least 4 members (excludes halogenated alkanes) is 3. The van der Waals surface area contributed by atoms with Crippen LogP contribution in [0, 0.1) is 11.6 Å². The van der Waals surface area contributed by atoms with Crippen LogP contribution in [-0.4, -0.2) is 31.4 Å². The average molecular weight is 364 g/mol. The van der Waals surface area contributed by atoms with Gasteiger partial charge in [0.2, 0.25) is 5.91 Å². The molecule has 24 heavy (non-hydrogen) atoms. The van der Waals surface area contributed by atoms with Crippen LogP contribution in [-0.2, 0) is 4.79 Å². The molecule has 0 bridgehead atoms. The summed E-state index contributed by atoms with van der Waals surface area (Å²) in [4.78, 5) is 23.2. The molecule has 0 saturated carbocycles. The second-order valence-corrected chi connectivity index (χ2v) is 5.16. The van der Waals surface area contributed by atoms with Crippen LogP contribution in [0.1, 0.15) is 42.5 Å². The first-order chi connectivity index (χ1) is 11.1. The van der Waals surface area contributed by atoms with Crippen molar-refractivity contribution in [2.24, 2.45) is 5.73 Å². The van der Waals surface area contributed by atoms with Gasteiger partial charge in [0.1, 0.15) is 17.2 Å². The summed E-state index contributed by atoms with van der Waals surface area (Å²) >= 11 is 0. The number of carbonyl (C=O) groups excluding carboxylic acids is 2.